The zero-order chi connectivity index (χ0) is 7.78. The molecule has 1 heterocycles. The van der Waals surface area contributed by atoms with E-state index in [-0.39, 0.29) is 5.54 Å². The molecule has 2 N–H and O–H groups in total. The Labute approximate surface area is 63.4 Å². The van der Waals surface area contributed by atoms with Crippen molar-refractivity contribution in [3.63, 3.8) is 0 Å². The minimum atomic E-state index is 0.0920. The van der Waals surface area contributed by atoms with E-state index >= 15 is 0 Å². The Morgan fingerprint density at radius 3 is 2.50 bits per heavy atom. The fourth-order valence-corrected chi connectivity index (χ4v) is 1.83. The van der Waals surface area contributed by atoms with Gasteiger partial charge in [-0.3, -0.25) is 0 Å². The monoisotopic (exact) mass is 142 g/mol. The molecule has 1 aliphatic rings. The van der Waals surface area contributed by atoms with Crippen LogP contribution in [0.15, 0.2) is 0 Å². The van der Waals surface area contributed by atoms with Gasteiger partial charge in [0, 0.05) is 18.6 Å². The van der Waals surface area contributed by atoms with Gasteiger partial charge in [0.05, 0.1) is 0 Å². The van der Waals surface area contributed by atoms with E-state index in [0.717, 1.165) is 19.5 Å². The van der Waals surface area contributed by atoms with Crippen LogP contribution in [0.1, 0.15) is 20.3 Å². The molecule has 0 unspecified atom stereocenters. The average Bonchev–Trinajstić information content (AvgIpc) is 2.09. The normalized spacial score (nSPS) is 42.6. The first kappa shape index (κ1) is 8.02. The second-order valence-corrected chi connectivity index (χ2v) is 3.68. The second kappa shape index (κ2) is 2.51. The summed E-state index contributed by atoms with van der Waals surface area (Å²) in [6.45, 7) is 6.64. The summed E-state index contributed by atoms with van der Waals surface area (Å²) in [6.07, 6.45) is 1.10. The van der Waals surface area contributed by atoms with Crippen molar-refractivity contribution >= 4 is 0 Å². The number of likely N-dealkylation sites (N-methyl/N-ethyl adjacent to an activating group) is 1. The van der Waals surface area contributed by atoms with Crippen LogP contribution < -0.4 is 5.73 Å². The minimum absolute atomic E-state index is 0.0920. The summed E-state index contributed by atoms with van der Waals surface area (Å²) in [5, 5.41) is 0. The number of rotatable bonds is 1. The van der Waals surface area contributed by atoms with Gasteiger partial charge in [-0.15, -0.1) is 0 Å². The number of hydrogen-bond acceptors (Lipinski definition) is 2. The van der Waals surface area contributed by atoms with Gasteiger partial charge in [-0.2, -0.15) is 0 Å². The lowest BCUT2D eigenvalue weighted by molar-refractivity contribution is 0.341. The van der Waals surface area contributed by atoms with Crippen LogP contribution in [0.25, 0.3) is 0 Å². The lowest BCUT2D eigenvalue weighted by atomic mass is 9.87. The number of nitrogens with zero attached hydrogens (tertiary/aromatic N) is 1. The molecule has 0 aromatic carbocycles. The quantitative estimate of drug-likeness (QED) is 0.583. The van der Waals surface area contributed by atoms with Crippen molar-refractivity contribution in [1.29, 1.82) is 0 Å². The van der Waals surface area contributed by atoms with Gasteiger partial charge in [0.2, 0.25) is 0 Å². The molecule has 1 rings (SSSR count). The molecule has 1 aliphatic heterocycles. The molecule has 0 aromatic heterocycles. The molecule has 60 valence electrons. The molecule has 0 aromatic rings. The third kappa shape index (κ3) is 1.18. The summed E-state index contributed by atoms with van der Waals surface area (Å²) in [7, 11) is 2.14. The van der Waals surface area contributed by atoms with E-state index in [1.807, 2.05) is 0 Å². The van der Waals surface area contributed by atoms with Crippen molar-refractivity contribution in [2.24, 2.45) is 11.7 Å². The fraction of sp³-hybridized carbons (Fsp3) is 1.00. The van der Waals surface area contributed by atoms with Crippen LogP contribution in [0.5, 0.6) is 0 Å². The van der Waals surface area contributed by atoms with E-state index in [9.17, 15) is 0 Å². The maximum Gasteiger partial charge on any atom is 0.0318 e. The van der Waals surface area contributed by atoms with Crippen LogP contribution >= 0.6 is 0 Å². The van der Waals surface area contributed by atoms with E-state index in [4.69, 9.17) is 5.73 Å². The standard InChI is InChI=1S/C8H18N2/c1-4-8(9)6-10(3)5-7(8)2/h7H,4-6,9H2,1-3H3/t7-,8-/m1/s1. The summed E-state index contributed by atoms with van der Waals surface area (Å²) in [5.41, 5.74) is 6.24. The van der Waals surface area contributed by atoms with E-state index in [1.54, 1.807) is 0 Å². The molecule has 0 saturated carbocycles. The molecule has 0 radical (unpaired) electrons. The van der Waals surface area contributed by atoms with Gasteiger partial charge in [-0.05, 0) is 19.4 Å². The van der Waals surface area contributed by atoms with Gasteiger partial charge in [-0.1, -0.05) is 13.8 Å². The first-order valence-corrected chi connectivity index (χ1v) is 4.06. The Morgan fingerprint density at radius 2 is 2.30 bits per heavy atom. The Bertz CT molecular complexity index is 124. The SMILES string of the molecule is CC[C@@]1(N)CN(C)C[C@H]1C. The van der Waals surface area contributed by atoms with Gasteiger partial charge < -0.3 is 10.6 Å². The molecular weight excluding hydrogens is 124 g/mol. The first-order chi connectivity index (χ1) is 4.58. The first-order valence-electron chi connectivity index (χ1n) is 4.06. The van der Waals surface area contributed by atoms with Crippen molar-refractivity contribution in [2.45, 2.75) is 25.8 Å². The van der Waals surface area contributed by atoms with Crippen molar-refractivity contribution < 1.29 is 0 Å². The van der Waals surface area contributed by atoms with Crippen LogP contribution in [0.2, 0.25) is 0 Å². The molecule has 0 aliphatic carbocycles. The second-order valence-electron chi connectivity index (χ2n) is 3.68. The van der Waals surface area contributed by atoms with E-state index in [1.165, 1.54) is 0 Å². The van der Waals surface area contributed by atoms with Crippen molar-refractivity contribution in [3.8, 4) is 0 Å². The van der Waals surface area contributed by atoms with Gasteiger partial charge >= 0.3 is 0 Å². The van der Waals surface area contributed by atoms with Crippen molar-refractivity contribution in [3.05, 3.63) is 0 Å². The van der Waals surface area contributed by atoms with Crippen LogP contribution in [0.3, 0.4) is 0 Å². The third-order valence-electron chi connectivity index (χ3n) is 2.79. The third-order valence-corrected chi connectivity index (χ3v) is 2.79. The van der Waals surface area contributed by atoms with Crippen LogP contribution in [0, 0.1) is 5.92 Å². The topological polar surface area (TPSA) is 29.3 Å². The smallest absolute Gasteiger partial charge is 0.0318 e. The predicted octanol–water partition coefficient (Wildman–Crippen LogP) is 0.675. The van der Waals surface area contributed by atoms with Crippen LogP contribution in [0.4, 0.5) is 0 Å². The van der Waals surface area contributed by atoms with E-state index in [0.29, 0.717) is 5.92 Å². The van der Waals surface area contributed by atoms with Gasteiger partial charge in [0.25, 0.3) is 0 Å². The van der Waals surface area contributed by atoms with Crippen LogP contribution in [-0.2, 0) is 0 Å². The molecule has 10 heavy (non-hydrogen) atoms. The number of nitrogens with two attached hydrogens (primary N) is 1. The molecule has 1 saturated heterocycles. The Morgan fingerprint density at radius 1 is 1.70 bits per heavy atom. The molecule has 0 spiro atoms. The highest BCUT2D eigenvalue weighted by molar-refractivity contribution is 4.97. The highest BCUT2D eigenvalue weighted by Crippen LogP contribution is 2.26. The van der Waals surface area contributed by atoms with Crippen molar-refractivity contribution in [1.82, 2.24) is 4.90 Å². The zero-order valence-electron chi connectivity index (χ0n) is 7.22. The van der Waals surface area contributed by atoms with Gasteiger partial charge in [-0.25, -0.2) is 0 Å². The predicted molar refractivity (Wildman–Crippen MR) is 43.9 cm³/mol. The maximum absolute atomic E-state index is 6.15. The maximum atomic E-state index is 6.15. The largest absolute Gasteiger partial charge is 0.324 e. The molecular formula is C8H18N2. The van der Waals surface area contributed by atoms with Gasteiger partial charge in [0.15, 0.2) is 0 Å². The molecule has 0 bridgehead atoms. The zero-order valence-corrected chi connectivity index (χ0v) is 7.22. The van der Waals surface area contributed by atoms with Crippen molar-refractivity contribution in [2.75, 3.05) is 20.1 Å². The van der Waals surface area contributed by atoms with Crippen LogP contribution in [-0.4, -0.2) is 30.6 Å². The van der Waals surface area contributed by atoms with E-state index in [2.05, 4.69) is 25.8 Å². The number of hydrogen-bond donors (Lipinski definition) is 1. The molecule has 2 nitrogen and oxygen atoms in total. The molecule has 2 atom stereocenters. The van der Waals surface area contributed by atoms with E-state index < -0.39 is 0 Å². The lowest BCUT2D eigenvalue weighted by Gasteiger charge is -2.26. The lowest BCUT2D eigenvalue weighted by Crippen LogP contribution is -2.45. The molecule has 2 heteroatoms. The highest BCUT2D eigenvalue weighted by Gasteiger charge is 2.37. The minimum Gasteiger partial charge on any atom is -0.324 e. The summed E-state index contributed by atoms with van der Waals surface area (Å²) in [4.78, 5) is 2.31. The summed E-state index contributed by atoms with van der Waals surface area (Å²) in [5.74, 6) is 0.655. The average molecular weight is 142 g/mol. The summed E-state index contributed by atoms with van der Waals surface area (Å²) < 4.78 is 0. The molecule has 0 amide bonds. The van der Waals surface area contributed by atoms with Gasteiger partial charge in [0.1, 0.15) is 0 Å². The Hall–Kier alpha value is -0.0800. The summed E-state index contributed by atoms with van der Waals surface area (Å²) >= 11 is 0. The summed E-state index contributed by atoms with van der Waals surface area (Å²) in [6, 6.07) is 0. The number of likely N-dealkylation sites (tertiary alicyclic amines) is 1. The fourth-order valence-electron chi connectivity index (χ4n) is 1.83. The Balaban J connectivity index is 2.61. The molecule has 1 fully saturated rings. The highest BCUT2D eigenvalue weighted by atomic mass is 15.2. The Kier molecular flexibility index (Phi) is 2.02.